The maximum Gasteiger partial charge on any atom is 0.0693 e. The van der Waals surface area contributed by atoms with E-state index in [1.54, 1.807) is 0 Å². The first-order valence-corrected chi connectivity index (χ1v) is 6.72. The minimum Gasteiger partial charge on any atom is -0.392 e. The third kappa shape index (κ3) is 4.52. The van der Waals surface area contributed by atoms with E-state index in [9.17, 15) is 5.11 Å². The minimum atomic E-state index is -0.0917. The molecule has 0 saturated heterocycles. The predicted octanol–water partition coefficient (Wildman–Crippen LogP) is 2.85. The highest BCUT2D eigenvalue weighted by molar-refractivity contribution is 4.85. The molecule has 90 valence electrons. The lowest BCUT2D eigenvalue weighted by Gasteiger charge is -2.24. The lowest BCUT2D eigenvalue weighted by Crippen LogP contribution is -2.42. The van der Waals surface area contributed by atoms with E-state index in [4.69, 9.17) is 0 Å². The molecule has 0 aromatic carbocycles. The molecule has 0 spiro atoms. The number of hydrogen-bond acceptors (Lipinski definition) is 2. The largest absolute Gasteiger partial charge is 0.392 e. The van der Waals surface area contributed by atoms with Crippen molar-refractivity contribution in [1.82, 2.24) is 5.32 Å². The molecule has 1 fully saturated rings. The fraction of sp³-hybridized carbons (Fsp3) is 1.00. The van der Waals surface area contributed by atoms with E-state index in [0.717, 1.165) is 12.8 Å². The van der Waals surface area contributed by atoms with Gasteiger partial charge in [-0.3, -0.25) is 0 Å². The summed E-state index contributed by atoms with van der Waals surface area (Å²) in [5.74, 6) is 0. The second-order valence-corrected chi connectivity index (χ2v) is 4.90. The Kier molecular flexibility index (Phi) is 6.26. The van der Waals surface area contributed by atoms with Crippen molar-refractivity contribution in [3.63, 3.8) is 0 Å². The van der Waals surface area contributed by atoms with E-state index < -0.39 is 0 Å². The van der Waals surface area contributed by atoms with Crippen molar-refractivity contribution in [1.29, 1.82) is 0 Å². The van der Waals surface area contributed by atoms with Gasteiger partial charge in [-0.15, -0.1) is 0 Å². The van der Waals surface area contributed by atoms with Crippen LogP contribution in [0.25, 0.3) is 0 Å². The van der Waals surface area contributed by atoms with Gasteiger partial charge in [0.25, 0.3) is 0 Å². The van der Waals surface area contributed by atoms with E-state index in [0.29, 0.717) is 12.1 Å². The smallest absolute Gasteiger partial charge is 0.0693 e. The van der Waals surface area contributed by atoms with Gasteiger partial charge in [0.1, 0.15) is 0 Å². The number of rotatable bonds is 7. The summed E-state index contributed by atoms with van der Waals surface area (Å²) in [5.41, 5.74) is 0. The lowest BCUT2D eigenvalue weighted by molar-refractivity contribution is 0.140. The average Bonchev–Trinajstić information content (AvgIpc) is 2.61. The molecule has 0 aliphatic heterocycles. The van der Waals surface area contributed by atoms with Gasteiger partial charge >= 0.3 is 0 Å². The van der Waals surface area contributed by atoms with Gasteiger partial charge in [0, 0.05) is 12.1 Å². The van der Waals surface area contributed by atoms with Crippen molar-refractivity contribution in [3.8, 4) is 0 Å². The molecule has 0 heterocycles. The van der Waals surface area contributed by atoms with Crippen LogP contribution in [0.3, 0.4) is 0 Å². The van der Waals surface area contributed by atoms with Crippen LogP contribution < -0.4 is 5.32 Å². The molecule has 2 N–H and O–H groups in total. The van der Waals surface area contributed by atoms with E-state index in [1.807, 2.05) is 0 Å². The van der Waals surface area contributed by atoms with Gasteiger partial charge in [-0.1, -0.05) is 33.1 Å². The van der Waals surface area contributed by atoms with Gasteiger partial charge in [0.2, 0.25) is 0 Å². The fourth-order valence-electron chi connectivity index (χ4n) is 2.55. The molecule has 1 aliphatic carbocycles. The molecule has 1 rings (SSSR count). The minimum absolute atomic E-state index is 0.0917. The molecule has 1 aliphatic rings. The van der Waals surface area contributed by atoms with Crippen LogP contribution in [0.5, 0.6) is 0 Å². The Morgan fingerprint density at radius 2 is 2.00 bits per heavy atom. The molecule has 1 unspecified atom stereocenters. The first-order chi connectivity index (χ1) is 7.27. The Bertz CT molecular complexity index is 161. The molecular formula is C13H27NO. The monoisotopic (exact) mass is 213 g/mol. The topological polar surface area (TPSA) is 32.3 Å². The summed E-state index contributed by atoms with van der Waals surface area (Å²) in [6, 6.07) is 1.01. The Morgan fingerprint density at radius 1 is 1.20 bits per heavy atom. The number of aliphatic hydroxyl groups excluding tert-OH is 1. The van der Waals surface area contributed by atoms with E-state index in [1.165, 1.54) is 38.5 Å². The standard InChI is InChI=1S/C13H27NO/c1-3-5-8-11(7-4-2)14-12-9-6-10-13(12)15/h11-15H,3-10H2,1-2H3/t11?,12-,13-/m0/s1. The summed E-state index contributed by atoms with van der Waals surface area (Å²) in [5, 5.41) is 13.4. The average molecular weight is 213 g/mol. The van der Waals surface area contributed by atoms with Crippen molar-refractivity contribution >= 4 is 0 Å². The number of nitrogens with one attached hydrogen (secondary N) is 1. The SMILES string of the molecule is CCCCC(CCC)N[C@H]1CCC[C@@H]1O. The quantitative estimate of drug-likeness (QED) is 0.681. The van der Waals surface area contributed by atoms with Gasteiger partial charge in [-0.25, -0.2) is 0 Å². The van der Waals surface area contributed by atoms with Crippen LogP contribution in [0, 0.1) is 0 Å². The Labute approximate surface area is 94.5 Å². The molecule has 0 aromatic heterocycles. The maximum atomic E-state index is 9.77. The van der Waals surface area contributed by atoms with Crippen molar-refractivity contribution in [2.75, 3.05) is 0 Å². The molecule has 3 atom stereocenters. The van der Waals surface area contributed by atoms with Gasteiger partial charge in [-0.2, -0.15) is 0 Å². The molecule has 2 nitrogen and oxygen atoms in total. The summed E-state index contributed by atoms with van der Waals surface area (Å²) >= 11 is 0. The molecule has 1 saturated carbocycles. The molecule has 2 heteroatoms. The third-order valence-corrected chi connectivity index (χ3v) is 3.47. The zero-order valence-electron chi connectivity index (χ0n) is 10.3. The van der Waals surface area contributed by atoms with Crippen molar-refractivity contribution in [2.24, 2.45) is 0 Å². The lowest BCUT2D eigenvalue weighted by atomic mass is 10.0. The van der Waals surface area contributed by atoms with Crippen LogP contribution >= 0.6 is 0 Å². The van der Waals surface area contributed by atoms with Crippen LogP contribution in [0.1, 0.15) is 65.2 Å². The summed E-state index contributed by atoms with van der Waals surface area (Å²) in [7, 11) is 0. The highest BCUT2D eigenvalue weighted by atomic mass is 16.3. The van der Waals surface area contributed by atoms with Crippen molar-refractivity contribution in [2.45, 2.75) is 83.4 Å². The summed E-state index contributed by atoms with van der Waals surface area (Å²) < 4.78 is 0. The second kappa shape index (κ2) is 7.24. The van der Waals surface area contributed by atoms with Crippen LogP contribution in [0.15, 0.2) is 0 Å². The number of aliphatic hydroxyl groups is 1. The maximum absolute atomic E-state index is 9.77. The van der Waals surface area contributed by atoms with Crippen LogP contribution in [-0.4, -0.2) is 23.3 Å². The Balaban J connectivity index is 2.28. The van der Waals surface area contributed by atoms with Crippen LogP contribution in [0.4, 0.5) is 0 Å². The van der Waals surface area contributed by atoms with Crippen LogP contribution in [-0.2, 0) is 0 Å². The third-order valence-electron chi connectivity index (χ3n) is 3.47. The molecular weight excluding hydrogens is 186 g/mol. The molecule has 0 aromatic rings. The second-order valence-electron chi connectivity index (χ2n) is 4.90. The number of hydrogen-bond donors (Lipinski definition) is 2. The highest BCUT2D eigenvalue weighted by Crippen LogP contribution is 2.20. The van der Waals surface area contributed by atoms with E-state index >= 15 is 0 Å². The van der Waals surface area contributed by atoms with Crippen LogP contribution in [0.2, 0.25) is 0 Å². The van der Waals surface area contributed by atoms with Gasteiger partial charge in [0.05, 0.1) is 6.10 Å². The molecule has 15 heavy (non-hydrogen) atoms. The first-order valence-electron chi connectivity index (χ1n) is 6.72. The van der Waals surface area contributed by atoms with Gasteiger partial charge in [-0.05, 0) is 32.1 Å². The van der Waals surface area contributed by atoms with Crippen molar-refractivity contribution < 1.29 is 5.11 Å². The Morgan fingerprint density at radius 3 is 2.53 bits per heavy atom. The molecule has 0 amide bonds. The summed E-state index contributed by atoms with van der Waals surface area (Å²) in [6.45, 7) is 4.49. The van der Waals surface area contributed by atoms with Crippen molar-refractivity contribution in [3.05, 3.63) is 0 Å². The highest BCUT2D eigenvalue weighted by Gasteiger charge is 2.26. The normalized spacial score (nSPS) is 28.2. The molecule has 0 radical (unpaired) electrons. The Hall–Kier alpha value is -0.0800. The zero-order valence-corrected chi connectivity index (χ0v) is 10.3. The predicted molar refractivity (Wildman–Crippen MR) is 65.0 cm³/mol. The summed E-state index contributed by atoms with van der Waals surface area (Å²) in [4.78, 5) is 0. The van der Waals surface area contributed by atoms with Gasteiger partial charge in [0.15, 0.2) is 0 Å². The van der Waals surface area contributed by atoms with E-state index in [2.05, 4.69) is 19.2 Å². The first kappa shape index (κ1) is 13.0. The number of unbranched alkanes of at least 4 members (excludes halogenated alkanes) is 1. The van der Waals surface area contributed by atoms with Gasteiger partial charge < -0.3 is 10.4 Å². The molecule has 0 bridgehead atoms. The zero-order chi connectivity index (χ0) is 11.1. The van der Waals surface area contributed by atoms with E-state index in [-0.39, 0.29) is 6.10 Å². The summed E-state index contributed by atoms with van der Waals surface area (Å²) in [6.07, 6.45) is 9.59. The fourth-order valence-corrected chi connectivity index (χ4v) is 2.55.